The van der Waals surface area contributed by atoms with Crippen molar-refractivity contribution >= 4 is 23.2 Å². The van der Waals surface area contributed by atoms with E-state index >= 15 is 0 Å². The van der Waals surface area contributed by atoms with Crippen molar-refractivity contribution in [2.75, 3.05) is 0 Å². The minimum Gasteiger partial charge on any atom is -0.489 e. The molecule has 0 saturated carbocycles. The maximum atomic E-state index is 9.18. The first-order valence-corrected chi connectivity index (χ1v) is 6.22. The van der Waals surface area contributed by atoms with E-state index in [2.05, 4.69) is 0 Å². The van der Waals surface area contributed by atoms with Gasteiger partial charge in [0.05, 0.1) is 16.7 Å². The lowest BCUT2D eigenvalue weighted by Gasteiger charge is -2.10. The van der Waals surface area contributed by atoms with Gasteiger partial charge in [-0.25, -0.2) is 0 Å². The van der Waals surface area contributed by atoms with Gasteiger partial charge in [-0.3, -0.25) is 0 Å². The van der Waals surface area contributed by atoms with E-state index in [0.29, 0.717) is 22.4 Å². The van der Waals surface area contributed by atoms with E-state index < -0.39 is 0 Å². The second-order valence-corrected chi connectivity index (χ2v) is 4.62. The van der Waals surface area contributed by atoms with Crippen LogP contribution >= 0.6 is 23.2 Å². The molecule has 0 bridgehead atoms. The number of halogens is 2. The van der Waals surface area contributed by atoms with Crippen LogP contribution < -0.4 is 4.74 Å². The highest BCUT2D eigenvalue weighted by atomic mass is 35.5. The topological polar surface area (TPSA) is 29.5 Å². The molecule has 94 valence electrons. The Bertz CT molecular complexity index is 541. The number of hydrogen-bond donors (Lipinski definition) is 1. The van der Waals surface area contributed by atoms with Crippen molar-refractivity contribution in [3.05, 3.63) is 63.6 Å². The molecule has 2 aromatic carbocycles. The summed E-state index contributed by atoms with van der Waals surface area (Å²) in [7, 11) is 0. The van der Waals surface area contributed by atoms with Crippen molar-refractivity contribution in [2.45, 2.75) is 13.2 Å². The summed E-state index contributed by atoms with van der Waals surface area (Å²) in [5.41, 5.74) is 1.69. The molecule has 0 aromatic heterocycles. The highest BCUT2D eigenvalue weighted by Gasteiger charge is 2.03. The Balaban J connectivity index is 2.09. The van der Waals surface area contributed by atoms with Crippen molar-refractivity contribution in [1.29, 1.82) is 0 Å². The third-order valence-electron chi connectivity index (χ3n) is 2.52. The van der Waals surface area contributed by atoms with Gasteiger partial charge in [0.1, 0.15) is 12.4 Å². The van der Waals surface area contributed by atoms with Gasteiger partial charge in [-0.05, 0) is 23.8 Å². The first-order chi connectivity index (χ1) is 8.70. The predicted octanol–water partition coefficient (Wildman–Crippen LogP) is 4.06. The average molecular weight is 283 g/mol. The van der Waals surface area contributed by atoms with Crippen LogP contribution in [0.3, 0.4) is 0 Å². The summed E-state index contributed by atoms with van der Waals surface area (Å²) in [6.07, 6.45) is 0. The van der Waals surface area contributed by atoms with E-state index in [0.717, 1.165) is 11.1 Å². The summed E-state index contributed by atoms with van der Waals surface area (Å²) < 4.78 is 5.65. The molecule has 0 atom stereocenters. The molecule has 0 aliphatic rings. The Morgan fingerprint density at radius 3 is 2.50 bits per heavy atom. The fourth-order valence-corrected chi connectivity index (χ4v) is 1.89. The molecule has 1 N–H and O–H groups in total. The number of aliphatic hydroxyl groups excluding tert-OH is 1. The number of benzene rings is 2. The molecule has 2 nitrogen and oxygen atoms in total. The minimum absolute atomic E-state index is 0.0441. The maximum absolute atomic E-state index is 9.18. The van der Waals surface area contributed by atoms with Crippen LogP contribution in [-0.2, 0) is 13.2 Å². The molecule has 0 radical (unpaired) electrons. The van der Waals surface area contributed by atoms with Crippen molar-refractivity contribution in [3.8, 4) is 5.75 Å². The number of ether oxygens (including phenoxy) is 1. The molecule has 0 fully saturated rings. The summed E-state index contributed by atoms with van der Waals surface area (Å²) in [5.74, 6) is 0.672. The van der Waals surface area contributed by atoms with E-state index in [1.54, 1.807) is 12.1 Å². The molecule has 0 aliphatic heterocycles. The van der Waals surface area contributed by atoms with Gasteiger partial charge >= 0.3 is 0 Å². The summed E-state index contributed by atoms with van der Waals surface area (Å²) in [6, 6.07) is 12.7. The van der Waals surface area contributed by atoms with E-state index in [1.165, 1.54) is 0 Å². The first kappa shape index (κ1) is 13.2. The molecule has 2 aromatic rings. The van der Waals surface area contributed by atoms with Gasteiger partial charge < -0.3 is 9.84 Å². The predicted molar refractivity (Wildman–Crippen MR) is 73.2 cm³/mol. The monoisotopic (exact) mass is 282 g/mol. The summed E-state index contributed by atoms with van der Waals surface area (Å²) in [4.78, 5) is 0. The minimum atomic E-state index is -0.0441. The highest BCUT2D eigenvalue weighted by molar-refractivity contribution is 6.42. The summed E-state index contributed by atoms with van der Waals surface area (Å²) >= 11 is 11.8. The van der Waals surface area contributed by atoms with Crippen LogP contribution in [0.2, 0.25) is 10.0 Å². The van der Waals surface area contributed by atoms with Gasteiger partial charge in [-0.15, -0.1) is 0 Å². The van der Waals surface area contributed by atoms with E-state index in [9.17, 15) is 5.11 Å². The van der Waals surface area contributed by atoms with Gasteiger partial charge in [-0.1, -0.05) is 47.5 Å². The molecular weight excluding hydrogens is 271 g/mol. The number of aliphatic hydroxyl groups is 1. The third kappa shape index (κ3) is 3.16. The molecule has 4 heteroatoms. The lowest BCUT2D eigenvalue weighted by Crippen LogP contribution is -1.98. The van der Waals surface area contributed by atoms with Crippen LogP contribution in [0.4, 0.5) is 0 Å². The van der Waals surface area contributed by atoms with Crippen molar-refractivity contribution in [3.63, 3.8) is 0 Å². The fourth-order valence-electron chi connectivity index (χ4n) is 1.57. The Morgan fingerprint density at radius 2 is 1.78 bits per heavy atom. The number of hydrogen-bond acceptors (Lipinski definition) is 2. The maximum Gasteiger partial charge on any atom is 0.125 e. The molecular formula is C14H12Cl2O2. The van der Waals surface area contributed by atoms with Crippen LogP contribution in [-0.4, -0.2) is 5.11 Å². The second kappa shape index (κ2) is 6.10. The van der Waals surface area contributed by atoms with Gasteiger partial charge in [-0.2, -0.15) is 0 Å². The van der Waals surface area contributed by atoms with Gasteiger partial charge in [0.2, 0.25) is 0 Å². The molecule has 0 saturated heterocycles. The summed E-state index contributed by atoms with van der Waals surface area (Å²) in [6.45, 7) is 0.339. The standard InChI is InChI=1S/C14H12Cl2O2/c15-12-6-5-10(7-13(12)16)9-18-14-4-2-1-3-11(14)8-17/h1-7,17H,8-9H2. The molecule has 0 heterocycles. The third-order valence-corrected chi connectivity index (χ3v) is 3.26. The van der Waals surface area contributed by atoms with Gasteiger partial charge in [0.15, 0.2) is 0 Å². The van der Waals surface area contributed by atoms with E-state index in [-0.39, 0.29) is 6.61 Å². The smallest absolute Gasteiger partial charge is 0.125 e. The Kier molecular flexibility index (Phi) is 4.48. The zero-order valence-corrected chi connectivity index (χ0v) is 11.1. The molecule has 18 heavy (non-hydrogen) atoms. The van der Waals surface area contributed by atoms with Crippen molar-refractivity contribution < 1.29 is 9.84 Å². The van der Waals surface area contributed by atoms with Gasteiger partial charge in [0.25, 0.3) is 0 Å². The van der Waals surface area contributed by atoms with Crippen LogP contribution in [0.1, 0.15) is 11.1 Å². The Labute approximate surface area is 116 Å². The lowest BCUT2D eigenvalue weighted by atomic mass is 10.2. The van der Waals surface area contributed by atoms with Gasteiger partial charge in [0, 0.05) is 5.56 Å². The van der Waals surface area contributed by atoms with Crippen molar-refractivity contribution in [2.24, 2.45) is 0 Å². The molecule has 0 spiro atoms. The lowest BCUT2D eigenvalue weighted by molar-refractivity contribution is 0.259. The van der Waals surface area contributed by atoms with Crippen LogP contribution in [0.15, 0.2) is 42.5 Å². The zero-order chi connectivity index (χ0) is 13.0. The Hall–Kier alpha value is -1.22. The van der Waals surface area contributed by atoms with Crippen LogP contribution in [0.25, 0.3) is 0 Å². The molecule has 0 unspecified atom stereocenters. The largest absolute Gasteiger partial charge is 0.489 e. The zero-order valence-electron chi connectivity index (χ0n) is 9.57. The first-order valence-electron chi connectivity index (χ1n) is 5.46. The highest BCUT2D eigenvalue weighted by Crippen LogP contribution is 2.24. The van der Waals surface area contributed by atoms with Crippen LogP contribution in [0, 0.1) is 0 Å². The quantitative estimate of drug-likeness (QED) is 0.916. The number of rotatable bonds is 4. The Morgan fingerprint density at radius 1 is 1.00 bits per heavy atom. The molecule has 0 aliphatic carbocycles. The van der Waals surface area contributed by atoms with E-state index in [4.69, 9.17) is 27.9 Å². The van der Waals surface area contributed by atoms with Crippen molar-refractivity contribution in [1.82, 2.24) is 0 Å². The normalized spacial score (nSPS) is 10.4. The second-order valence-electron chi connectivity index (χ2n) is 3.80. The SMILES string of the molecule is OCc1ccccc1OCc1ccc(Cl)c(Cl)c1. The number of para-hydroxylation sites is 1. The van der Waals surface area contributed by atoms with Crippen LogP contribution in [0.5, 0.6) is 5.75 Å². The van der Waals surface area contributed by atoms with E-state index in [1.807, 2.05) is 30.3 Å². The average Bonchev–Trinajstić information content (AvgIpc) is 2.40. The molecule has 0 amide bonds. The fraction of sp³-hybridized carbons (Fsp3) is 0.143. The summed E-state index contributed by atoms with van der Waals surface area (Å²) in [5, 5.41) is 10.2. The molecule has 2 rings (SSSR count).